The Balaban J connectivity index is 2.17. The largest absolute Gasteiger partial charge is 0.505 e. The van der Waals surface area contributed by atoms with Gasteiger partial charge in [0.15, 0.2) is 5.75 Å². The Bertz CT molecular complexity index is 818. The maximum Gasteiger partial charge on any atom is 0.151 e. The van der Waals surface area contributed by atoms with Crippen LogP contribution in [0.2, 0.25) is 5.02 Å². The van der Waals surface area contributed by atoms with Gasteiger partial charge in [-0.1, -0.05) is 32.4 Å². The Morgan fingerprint density at radius 3 is 2.57 bits per heavy atom. The van der Waals surface area contributed by atoms with E-state index in [0.717, 1.165) is 11.1 Å². The fourth-order valence-corrected chi connectivity index (χ4v) is 2.22. The minimum Gasteiger partial charge on any atom is -0.505 e. The third-order valence-corrected chi connectivity index (χ3v) is 3.56. The van der Waals surface area contributed by atoms with E-state index in [1.807, 2.05) is 6.07 Å². The van der Waals surface area contributed by atoms with Gasteiger partial charge < -0.3 is 5.11 Å². The first-order chi connectivity index (χ1) is 9.84. The highest BCUT2D eigenvalue weighted by Crippen LogP contribution is 2.29. The van der Waals surface area contributed by atoms with Gasteiger partial charge in [-0.15, -0.1) is 15.0 Å². The predicted molar refractivity (Wildman–Crippen MR) is 83.1 cm³/mol. The molecule has 0 aliphatic heterocycles. The number of hydrogen-bond acceptors (Lipinski definition) is 3. The molecule has 0 amide bonds. The van der Waals surface area contributed by atoms with Crippen molar-refractivity contribution in [3.05, 3.63) is 47.0 Å². The molecule has 4 nitrogen and oxygen atoms in total. The molecule has 0 bridgehead atoms. The van der Waals surface area contributed by atoms with Gasteiger partial charge in [-0.2, -0.15) is 0 Å². The number of aromatic nitrogens is 3. The molecule has 0 saturated heterocycles. The average Bonchev–Trinajstić information content (AvgIpc) is 2.80. The summed E-state index contributed by atoms with van der Waals surface area (Å²) >= 11 is 5.96. The number of phenols is 1. The summed E-state index contributed by atoms with van der Waals surface area (Å²) in [4.78, 5) is 1.42. The number of phenolic OH excluding ortho intramolecular Hbond substituents is 1. The first kappa shape index (κ1) is 13.9. The Hall–Kier alpha value is -2.07. The lowest BCUT2D eigenvalue weighted by Crippen LogP contribution is -2.12. The quantitative estimate of drug-likeness (QED) is 0.742. The van der Waals surface area contributed by atoms with Gasteiger partial charge in [0.2, 0.25) is 0 Å². The van der Waals surface area contributed by atoms with Gasteiger partial charge in [-0.05, 0) is 41.3 Å². The van der Waals surface area contributed by atoms with E-state index in [2.05, 4.69) is 37.0 Å². The third-order valence-electron chi connectivity index (χ3n) is 3.32. The second kappa shape index (κ2) is 4.74. The van der Waals surface area contributed by atoms with Crippen LogP contribution in [0.4, 0.5) is 0 Å². The van der Waals surface area contributed by atoms with Gasteiger partial charge in [0.1, 0.15) is 16.7 Å². The number of fused-ring (bicyclic) bond motifs is 1. The second-order valence-corrected chi connectivity index (χ2v) is 6.43. The van der Waals surface area contributed by atoms with Crippen molar-refractivity contribution < 1.29 is 5.11 Å². The van der Waals surface area contributed by atoms with Crippen molar-refractivity contribution in [3.8, 4) is 11.4 Å². The highest BCUT2D eigenvalue weighted by Gasteiger charge is 2.17. The SMILES string of the molecule is CC(C)(C)c1c[c]c(O)c(-n2nc3ccc(Cl)cc3n2)c1. The van der Waals surface area contributed by atoms with Crippen LogP contribution >= 0.6 is 11.6 Å². The van der Waals surface area contributed by atoms with Crippen molar-refractivity contribution in [3.63, 3.8) is 0 Å². The van der Waals surface area contributed by atoms with Crippen molar-refractivity contribution >= 4 is 22.6 Å². The zero-order chi connectivity index (χ0) is 15.2. The van der Waals surface area contributed by atoms with Crippen LogP contribution in [0.5, 0.6) is 5.75 Å². The third kappa shape index (κ3) is 2.59. The number of halogens is 1. The van der Waals surface area contributed by atoms with Crippen LogP contribution in [0, 0.1) is 6.07 Å². The molecule has 0 unspecified atom stereocenters. The fraction of sp³-hybridized carbons (Fsp3) is 0.250. The molecule has 0 aliphatic rings. The highest BCUT2D eigenvalue weighted by atomic mass is 35.5. The number of rotatable bonds is 1. The number of benzene rings is 2. The number of aromatic hydroxyl groups is 1. The molecule has 0 saturated carbocycles. The van der Waals surface area contributed by atoms with Crippen LogP contribution in [0.15, 0.2) is 30.3 Å². The van der Waals surface area contributed by atoms with Gasteiger partial charge in [0.05, 0.1) is 0 Å². The molecular formula is C16H15ClN3O. The maximum absolute atomic E-state index is 10.1. The fourth-order valence-electron chi connectivity index (χ4n) is 2.06. The van der Waals surface area contributed by atoms with E-state index in [9.17, 15) is 5.11 Å². The molecule has 0 aliphatic carbocycles. The van der Waals surface area contributed by atoms with Crippen LogP contribution in [-0.2, 0) is 5.41 Å². The molecule has 5 heteroatoms. The molecule has 0 spiro atoms. The summed E-state index contributed by atoms with van der Waals surface area (Å²) in [6, 6.07) is 11.8. The van der Waals surface area contributed by atoms with Crippen LogP contribution in [0.1, 0.15) is 26.3 Å². The zero-order valence-electron chi connectivity index (χ0n) is 12.1. The van der Waals surface area contributed by atoms with E-state index in [1.165, 1.54) is 4.80 Å². The number of hydrogen-bond donors (Lipinski definition) is 1. The Kier molecular flexibility index (Phi) is 3.14. The molecule has 1 radical (unpaired) electrons. The molecule has 1 heterocycles. The minimum atomic E-state index is -0.0468. The van der Waals surface area contributed by atoms with Crippen molar-refractivity contribution in [1.82, 2.24) is 15.0 Å². The smallest absolute Gasteiger partial charge is 0.151 e. The molecule has 2 aromatic carbocycles. The molecular weight excluding hydrogens is 286 g/mol. The number of nitrogens with zero attached hydrogens (tertiary/aromatic N) is 3. The van der Waals surface area contributed by atoms with E-state index >= 15 is 0 Å². The van der Waals surface area contributed by atoms with E-state index in [-0.39, 0.29) is 11.2 Å². The molecule has 3 rings (SSSR count). The lowest BCUT2D eigenvalue weighted by atomic mass is 9.87. The van der Waals surface area contributed by atoms with Crippen LogP contribution in [0.25, 0.3) is 16.7 Å². The normalized spacial score (nSPS) is 12.0. The van der Waals surface area contributed by atoms with Crippen molar-refractivity contribution in [2.24, 2.45) is 0 Å². The molecule has 107 valence electrons. The molecule has 0 fully saturated rings. The van der Waals surface area contributed by atoms with Gasteiger partial charge in [0, 0.05) is 11.1 Å². The van der Waals surface area contributed by atoms with Crippen molar-refractivity contribution in [2.75, 3.05) is 0 Å². The molecule has 21 heavy (non-hydrogen) atoms. The van der Waals surface area contributed by atoms with Crippen LogP contribution in [-0.4, -0.2) is 20.1 Å². The molecule has 1 N–H and O–H groups in total. The summed E-state index contributed by atoms with van der Waals surface area (Å²) in [5.41, 5.74) is 2.92. The lowest BCUT2D eigenvalue weighted by Gasteiger charge is -2.19. The maximum atomic E-state index is 10.1. The van der Waals surface area contributed by atoms with E-state index in [1.54, 1.807) is 24.3 Å². The van der Waals surface area contributed by atoms with E-state index in [4.69, 9.17) is 11.6 Å². The summed E-state index contributed by atoms with van der Waals surface area (Å²) in [7, 11) is 0. The zero-order valence-corrected chi connectivity index (χ0v) is 12.8. The minimum absolute atomic E-state index is 0.0226. The van der Waals surface area contributed by atoms with Crippen LogP contribution < -0.4 is 0 Å². The second-order valence-electron chi connectivity index (χ2n) is 5.99. The van der Waals surface area contributed by atoms with Crippen LogP contribution in [0.3, 0.4) is 0 Å². The van der Waals surface area contributed by atoms with E-state index < -0.39 is 0 Å². The van der Waals surface area contributed by atoms with Crippen molar-refractivity contribution in [2.45, 2.75) is 26.2 Å². The summed E-state index contributed by atoms with van der Waals surface area (Å²) in [5.74, 6) is 0.0226. The summed E-state index contributed by atoms with van der Waals surface area (Å²) < 4.78 is 0. The van der Waals surface area contributed by atoms with Gasteiger partial charge in [-0.25, -0.2) is 0 Å². The Morgan fingerprint density at radius 1 is 1.14 bits per heavy atom. The monoisotopic (exact) mass is 300 g/mol. The summed E-state index contributed by atoms with van der Waals surface area (Å²) in [6.45, 7) is 6.30. The molecule has 3 aromatic rings. The summed E-state index contributed by atoms with van der Waals surface area (Å²) in [6.07, 6.45) is 0. The first-order valence-electron chi connectivity index (χ1n) is 6.63. The standard InChI is InChI=1S/C16H15ClN3O/c1-16(2,3)10-4-7-15(21)14(8-10)20-18-12-6-5-11(17)9-13(12)19-20/h4-6,8-9,21H,1-3H3. The Labute approximate surface area is 128 Å². The molecule has 0 atom stereocenters. The lowest BCUT2D eigenvalue weighted by molar-refractivity contribution is 0.465. The topological polar surface area (TPSA) is 50.9 Å². The Morgan fingerprint density at radius 2 is 1.86 bits per heavy atom. The first-order valence-corrected chi connectivity index (χ1v) is 7.00. The van der Waals surface area contributed by atoms with Gasteiger partial charge in [0.25, 0.3) is 0 Å². The van der Waals surface area contributed by atoms with E-state index in [0.29, 0.717) is 16.2 Å². The highest BCUT2D eigenvalue weighted by molar-refractivity contribution is 6.31. The molecule has 1 aromatic heterocycles. The predicted octanol–water partition coefficient (Wildman–Crippen LogP) is 3.88. The van der Waals surface area contributed by atoms with Crippen molar-refractivity contribution in [1.29, 1.82) is 0 Å². The van der Waals surface area contributed by atoms with Gasteiger partial charge in [-0.3, -0.25) is 0 Å². The average molecular weight is 301 g/mol. The summed E-state index contributed by atoms with van der Waals surface area (Å²) in [5, 5.41) is 19.4. The van der Waals surface area contributed by atoms with Gasteiger partial charge >= 0.3 is 0 Å².